The lowest BCUT2D eigenvalue weighted by Gasteiger charge is -2.37. The summed E-state index contributed by atoms with van der Waals surface area (Å²) in [5.41, 5.74) is -0.0883. The molecule has 1 aromatic carbocycles. The highest BCUT2D eigenvalue weighted by molar-refractivity contribution is 5.81. The highest BCUT2D eigenvalue weighted by atomic mass is 16.5. The molecule has 1 aromatic heterocycles. The largest absolute Gasteiger partial charge is 0.463 e. The summed E-state index contributed by atoms with van der Waals surface area (Å²) in [6, 6.07) is 11.2. The number of hydrogen-bond acceptors (Lipinski definition) is 6. The Bertz CT molecular complexity index is 851. The van der Waals surface area contributed by atoms with Gasteiger partial charge in [-0.15, -0.1) is 0 Å². The topological polar surface area (TPSA) is 75.5 Å². The number of likely N-dealkylation sites (tertiary alicyclic amines) is 1. The van der Waals surface area contributed by atoms with Crippen molar-refractivity contribution >= 4 is 5.97 Å². The molecule has 2 heterocycles. The molecule has 1 N–H and O–H groups in total. The van der Waals surface area contributed by atoms with Gasteiger partial charge in [-0.2, -0.15) is 0 Å². The summed E-state index contributed by atoms with van der Waals surface area (Å²) in [6.07, 6.45) is 12.8. The van der Waals surface area contributed by atoms with Crippen LogP contribution in [0.5, 0.6) is 0 Å². The maximum atomic E-state index is 13.5. The third-order valence-corrected chi connectivity index (χ3v) is 7.40. The van der Waals surface area contributed by atoms with E-state index < -0.39 is 11.6 Å². The SMILES string of the molecule is O=C(OC[C@H](CCN1CCCCC1)c1ccncn1)C(O)(c1ccccc1)C1CCCCC1. The van der Waals surface area contributed by atoms with E-state index in [2.05, 4.69) is 14.9 Å². The number of aliphatic hydroxyl groups is 1. The van der Waals surface area contributed by atoms with E-state index in [0.29, 0.717) is 5.56 Å². The molecule has 2 aliphatic rings. The van der Waals surface area contributed by atoms with Gasteiger partial charge in [0.15, 0.2) is 5.60 Å². The zero-order chi connectivity index (χ0) is 22.9. The smallest absolute Gasteiger partial charge is 0.343 e. The van der Waals surface area contributed by atoms with Crippen LogP contribution in [0.3, 0.4) is 0 Å². The predicted molar refractivity (Wildman–Crippen MR) is 128 cm³/mol. The van der Waals surface area contributed by atoms with Crippen molar-refractivity contribution in [3.63, 3.8) is 0 Å². The predicted octanol–water partition coefficient (Wildman–Crippen LogP) is 4.45. The van der Waals surface area contributed by atoms with Gasteiger partial charge in [0.1, 0.15) is 6.33 Å². The summed E-state index contributed by atoms with van der Waals surface area (Å²) < 4.78 is 5.90. The fourth-order valence-corrected chi connectivity index (χ4v) is 5.40. The van der Waals surface area contributed by atoms with Crippen molar-refractivity contribution in [1.82, 2.24) is 14.9 Å². The van der Waals surface area contributed by atoms with E-state index in [-0.39, 0.29) is 18.4 Å². The molecule has 6 heteroatoms. The van der Waals surface area contributed by atoms with Gasteiger partial charge in [0.2, 0.25) is 0 Å². The third kappa shape index (κ3) is 5.98. The monoisotopic (exact) mass is 451 g/mol. The first-order valence-corrected chi connectivity index (χ1v) is 12.6. The molecule has 0 bridgehead atoms. The van der Waals surface area contributed by atoms with Crippen LogP contribution in [0.2, 0.25) is 0 Å². The van der Waals surface area contributed by atoms with Crippen LogP contribution in [-0.2, 0) is 15.1 Å². The lowest BCUT2D eigenvalue weighted by molar-refractivity contribution is -0.176. The second kappa shape index (κ2) is 11.7. The van der Waals surface area contributed by atoms with Crippen molar-refractivity contribution < 1.29 is 14.6 Å². The van der Waals surface area contributed by atoms with Crippen molar-refractivity contribution in [2.45, 2.75) is 69.3 Å². The van der Waals surface area contributed by atoms with Crippen molar-refractivity contribution in [3.8, 4) is 0 Å². The molecular weight excluding hydrogens is 414 g/mol. The van der Waals surface area contributed by atoms with Crippen LogP contribution in [-0.4, -0.2) is 52.2 Å². The minimum Gasteiger partial charge on any atom is -0.463 e. The van der Waals surface area contributed by atoms with Gasteiger partial charge < -0.3 is 14.7 Å². The van der Waals surface area contributed by atoms with Crippen LogP contribution in [0.1, 0.15) is 75.0 Å². The Morgan fingerprint density at radius 1 is 1.06 bits per heavy atom. The highest BCUT2D eigenvalue weighted by Crippen LogP contribution is 2.40. The van der Waals surface area contributed by atoms with E-state index in [0.717, 1.165) is 63.9 Å². The second-order valence-electron chi connectivity index (χ2n) is 9.59. The highest BCUT2D eigenvalue weighted by Gasteiger charge is 2.47. The van der Waals surface area contributed by atoms with Crippen molar-refractivity contribution in [2.24, 2.45) is 5.92 Å². The lowest BCUT2D eigenvalue weighted by Crippen LogP contribution is -2.45. The average molecular weight is 452 g/mol. The maximum Gasteiger partial charge on any atom is 0.343 e. The fourth-order valence-electron chi connectivity index (χ4n) is 5.40. The quantitative estimate of drug-likeness (QED) is 0.568. The molecule has 2 aromatic rings. The van der Waals surface area contributed by atoms with Crippen molar-refractivity contribution in [1.29, 1.82) is 0 Å². The summed E-state index contributed by atoms with van der Waals surface area (Å²) in [6.45, 7) is 3.43. The number of carbonyl (C=O) groups excluding carboxylic acids is 1. The first kappa shape index (κ1) is 23.8. The standard InChI is InChI=1S/C27H37N3O3/c31-26(27(32,23-10-4-1-5-11-23)24-12-6-2-7-13-24)33-20-22(25-14-16-28-21-29-25)15-19-30-17-8-3-9-18-30/h1,4-5,10-11,14,16,21-22,24,32H,2-3,6-9,12-13,15,17-20H2/t22-,27?/m0/s1. The number of ether oxygens (including phenoxy) is 1. The molecule has 1 unspecified atom stereocenters. The van der Waals surface area contributed by atoms with Gasteiger partial charge in [0.25, 0.3) is 0 Å². The molecular formula is C27H37N3O3. The van der Waals surface area contributed by atoms with E-state index in [1.807, 2.05) is 36.4 Å². The number of piperidine rings is 1. The molecule has 2 fully saturated rings. The molecule has 1 aliphatic carbocycles. The van der Waals surface area contributed by atoms with Gasteiger partial charge in [-0.05, 0) is 63.4 Å². The number of carbonyl (C=O) groups is 1. The van der Waals surface area contributed by atoms with E-state index in [9.17, 15) is 9.90 Å². The Morgan fingerprint density at radius 3 is 2.48 bits per heavy atom. The number of rotatable bonds is 9. The number of benzene rings is 1. The first-order valence-electron chi connectivity index (χ1n) is 12.6. The van der Waals surface area contributed by atoms with E-state index in [1.165, 1.54) is 19.3 Å². The van der Waals surface area contributed by atoms with Crippen LogP contribution < -0.4 is 0 Å². The minimum atomic E-state index is -1.61. The molecule has 0 amide bonds. The molecule has 2 atom stereocenters. The molecule has 178 valence electrons. The first-order chi connectivity index (χ1) is 16.2. The minimum absolute atomic E-state index is 0.0229. The molecule has 0 spiro atoms. The average Bonchev–Trinajstić information content (AvgIpc) is 2.90. The summed E-state index contributed by atoms with van der Waals surface area (Å²) >= 11 is 0. The van der Waals surface area contributed by atoms with Crippen LogP contribution >= 0.6 is 0 Å². The number of hydrogen-bond donors (Lipinski definition) is 1. The second-order valence-corrected chi connectivity index (χ2v) is 9.59. The number of nitrogens with zero attached hydrogens (tertiary/aromatic N) is 3. The van der Waals surface area contributed by atoms with Gasteiger partial charge in [0, 0.05) is 18.0 Å². The Kier molecular flexibility index (Phi) is 8.46. The van der Waals surface area contributed by atoms with Crippen LogP contribution in [0, 0.1) is 5.92 Å². The Balaban J connectivity index is 1.48. The summed E-state index contributed by atoms with van der Waals surface area (Å²) in [4.78, 5) is 24.5. The lowest BCUT2D eigenvalue weighted by atomic mass is 9.73. The molecule has 33 heavy (non-hydrogen) atoms. The summed E-state index contributed by atoms with van der Waals surface area (Å²) in [5, 5.41) is 11.8. The molecule has 1 saturated carbocycles. The van der Waals surface area contributed by atoms with Gasteiger partial charge in [-0.1, -0.05) is 56.0 Å². The number of aromatic nitrogens is 2. The third-order valence-electron chi connectivity index (χ3n) is 7.40. The molecule has 4 rings (SSSR count). The zero-order valence-electron chi connectivity index (χ0n) is 19.6. The van der Waals surface area contributed by atoms with Gasteiger partial charge in [-0.3, -0.25) is 0 Å². The molecule has 1 saturated heterocycles. The normalized spacial score (nSPS) is 20.6. The molecule has 6 nitrogen and oxygen atoms in total. The van der Waals surface area contributed by atoms with Crippen LogP contribution in [0.4, 0.5) is 0 Å². The van der Waals surface area contributed by atoms with E-state index in [4.69, 9.17) is 4.74 Å². The van der Waals surface area contributed by atoms with Gasteiger partial charge >= 0.3 is 5.97 Å². The van der Waals surface area contributed by atoms with Gasteiger partial charge in [-0.25, -0.2) is 14.8 Å². The molecule has 0 radical (unpaired) electrons. The maximum absolute atomic E-state index is 13.5. The Labute approximate surface area is 197 Å². The van der Waals surface area contributed by atoms with Gasteiger partial charge in [0.05, 0.1) is 12.3 Å². The molecule has 1 aliphatic heterocycles. The van der Waals surface area contributed by atoms with E-state index >= 15 is 0 Å². The Morgan fingerprint density at radius 2 is 1.79 bits per heavy atom. The summed E-state index contributed by atoms with van der Waals surface area (Å²) in [7, 11) is 0. The van der Waals surface area contributed by atoms with Crippen LogP contribution in [0.25, 0.3) is 0 Å². The number of esters is 1. The van der Waals surface area contributed by atoms with Crippen molar-refractivity contribution in [2.75, 3.05) is 26.2 Å². The summed E-state index contributed by atoms with van der Waals surface area (Å²) in [5.74, 6) is -0.671. The van der Waals surface area contributed by atoms with Crippen LogP contribution in [0.15, 0.2) is 48.9 Å². The van der Waals surface area contributed by atoms with Crippen molar-refractivity contribution in [3.05, 3.63) is 60.2 Å². The Hall–Kier alpha value is -2.31. The fraction of sp³-hybridized carbons (Fsp3) is 0.593. The zero-order valence-corrected chi connectivity index (χ0v) is 19.6. The van der Waals surface area contributed by atoms with E-state index in [1.54, 1.807) is 12.5 Å².